The number of anilines is 1. The SMILES string of the molecule is COc1cc(N[C@@H](c2cccnc2)c2ccc(C)c(C)c2)ncn1. The number of ether oxygens (including phenoxy) is 1. The molecular weight excluding hydrogens is 300 g/mol. The molecule has 0 aliphatic heterocycles. The molecule has 0 aliphatic carbocycles. The standard InChI is InChI=1S/C19H20N4O/c1-13-6-7-15(9-14(13)2)19(16-5-4-8-20-11-16)23-17-10-18(24-3)22-12-21-17/h4-12,19H,1-3H3,(H,21,22,23)/t19-/m1/s1. The summed E-state index contributed by atoms with van der Waals surface area (Å²) >= 11 is 0. The minimum absolute atomic E-state index is 0.0578. The lowest BCUT2D eigenvalue weighted by molar-refractivity contribution is 0.397. The molecule has 5 heteroatoms. The molecule has 2 heterocycles. The highest BCUT2D eigenvalue weighted by Gasteiger charge is 2.16. The fourth-order valence-corrected chi connectivity index (χ4v) is 2.53. The molecule has 0 saturated carbocycles. The van der Waals surface area contributed by atoms with Gasteiger partial charge >= 0.3 is 0 Å². The van der Waals surface area contributed by atoms with Crippen LogP contribution in [0.4, 0.5) is 5.82 Å². The van der Waals surface area contributed by atoms with Gasteiger partial charge in [0.15, 0.2) is 0 Å². The first-order valence-corrected chi connectivity index (χ1v) is 7.77. The molecule has 3 aromatic rings. The number of methoxy groups -OCH3 is 1. The van der Waals surface area contributed by atoms with Crippen molar-refractivity contribution in [1.82, 2.24) is 15.0 Å². The Morgan fingerprint density at radius 2 is 1.88 bits per heavy atom. The van der Waals surface area contributed by atoms with Crippen LogP contribution in [0.3, 0.4) is 0 Å². The molecule has 5 nitrogen and oxygen atoms in total. The van der Waals surface area contributed by atoms with E-state index >= 15 is 0 Å². The van der Waals surface area contributed by atoms with E-state index in [0.717, 1.165) is 11.1 Å². The van der Waals surface area contributed by atoms with Gasteiger partial charge in [0, 0.05) is 18.5 Å². The minimum atomic E-state index is -0.0578. The fraction of sp³-hybridized carbons (Fsp3) is 0.211. The Morgan fingerprint density at radius 1 is 1.00 bits per heavy atom. The number of aromatic nitrogens is 3. The maximum atomic E-state index is 5.18. The molecule has 3 rings (SSSR count). The van der Waals surface area contributed by atoms with Crippen molar-refractivity contribution in [3.63, 3.8) is 0 Å². The van der Waals surface area contributed by atoms with E-state index in [1.807, 2.05) is 12.3 Å². The van der Waals surface area contributed by atoms with Gasteiger partial charge in [0.05, 0.1) is 13.2 Å². The Morgan fingerprint density at radius 3 is 2.58 bits per heavy atom. The molecular formula is C19H20N4O. The third-order valence-electron chi connectivity index (χ3n) is 4.03. The summed E-state index contributed by atoms with van der Waals surface area (Å²) in [6, 6.07) is 12.2. The first kappa shape index (κ1) is 15.9. The first-order chi connectivity index (χ1) is 11.7. The predicted molar refractivity (Wildman–Crippen MR) is 94.2 cm³/mol. The zero-order valence-corrected chi connectivity index (χ0v) is 14.0. The summed E-state index contributed by atoms with van der Waals surface area (Å²) in [5, 5.41) is 3.46. The maximum Gasteiger partial charge on any atom is 0.218 e. The monoisotopic (exact) mass is 320 g/mol. The van der Waals surface area contributed by atoms with E-state index in [1.54, 1.807) is 19.4 Å². The fourth-order valence-electron chi connectivity index (χ4n) is 2.53. The van der Waals surface area contributed by atoms with Gasteiger partial charge in [0.1, 0.15) is 12.1 Å². The van der Waals surface area contributed by atoms with Crippen molar-refractivity contribution < 1.29 is 4.74 Å². The number of pyridine rings is 1. The van der Waals surface area contributed by atoms with Crippen molar-refractivity contribution in [2.75, 3.05) is 12.4 Å². The number of rotatable bonds is 5. The number of nitrogens with one attached hydrogen (secondary N) is 1. The third-order valence-corrected chi connectivity index (χ3v) is 4.03. The minimum Gasteiger partial charge on any atom is -0.481 e. The van der Waals surface area contributed by atoms with E-state index < -0.39 is 0 Å². The van der Waals surface area contributed by atoms with Crippen LogP contribution in [-0.2, 0) is 0 Å². The largest absolute Gasteiger partial charge is 0.481 e. The van der Waals surface area contributed by atoms with Crippen LogP contribution >= 0.6 is 0 Å². The van der Waals surface area contributed by atoms with Gasteiger partial charge < -0.3 is 10.1 Å². The van der Waals surface area contributed by atoms with Crippen LogP contribution in [0.5, 0.6) is 5.88 Å². The van der Waals surface area contributed by atoms with Crippen LogP contribution in [0.2, 0.25) is 0 Å². The van der Waals surface area contributed by atoms with Gasteiger partial charge in [-0.1, -0.05) is 24.3 Å². The molecule has 0 aliphatic rings. The highest BCUT2D eigenvalue weighted by Crippen LogP contribution is 2.27. The summed E-state index contributed by atoms with van der Waals surface area (Å²) in [6.07, 6.45) is 5.13. The molecule has 0 radical (unpaired) electrons. The van der Waals surface area contributed by atoms with Crippen molar-refractivity contribution in [3.05, 3.63) is 77.4 Å². The zero-order valence-electron chi connectivity index (χ0n) is 14.0. The second-order valence-electron chi connectivity index (χ2n) is 5.65. The quantitative estimate of drug-likeness (QED) is 0.777. The van der Waals surface area contributed by atoms with Gasteiger partial charge in [0.25, 0.3) is 0 Å². The highest BCUT2D eigenvalue weighted by molar-refractivity contribution is 5.46. The molecule has 1 N–H and O–H groups in total. The summed E-state index contributed by atoms with van der Waals surface area (Å²) in [7, 11) is 1.59. The summed E-state index contributed by atoms with van der Waals surface area (Å²) in [4.78, 5) is 12.6. The second-order valence-corrected chi connectivity index (χ2v) is 5.65. The van der Waals surface area contributed by atoms with Crippen LogP contribution in [0.15, 0.2) is 55.1 Å². The van der Waals surface area contributed by atoms with Crippen molar-refractivity contribution in [2.45, 2.75) is 19.9 Å². The van der Waals surface area contributed by atoms with Crippen molar-refractivity contribution >= 4 is 5.82 Å². The molecule has 1 aromatic carbocycles. The molecule has 0 spiro atoms. The van der Waals surface area contributed by atoms with Gasteiger partial charge in [-0.15, -0.1) is 0 Å². The third kappa shape index (κ3) is 3.51. The van der Waals surface area contributed by atoms with Gasteiger partial charge in [-0.3, -0.25) is 4.98 Å². The van der Waals surface area contributed by atoms with E-state index in [9.17, 15) is 0 Å². The van der Waals surface area contributed by atoms with Gasteiger partial charge in [-0.05, 0) is 42.2 Å². The van der Waals surface area contributed by atoms with Gasteiger partial charge in [-0.25, -0.2) is 9.97 Å². The predicted octanol–water partition coefficient (Wildman–Crippen LogP) is 3.70. The normalized spacial score (nSPS) is 11.8. The molecule has 24 heavy (non-hydrogen) atoms. The average Bonchev–Trinajstić information content (AvgIpc) is 2.63. The lowest BCUT2D eigenvalue weighted by Gasteiger charge is -2.21. The molecule has 0 amide bonds. The van der Waals surface area contributed by atoms with Crippen LogP contribution < -0.4 is 10.1 Å². The summed E-state index contributed by atoms with van der Waals surface area (Å²) in [6.45, 7) is 4.23. The molecule has 0 bridgehead atoms. The lowest BCUT2D eigenvalue weighted by atomic mass is 9.96. The molecule has 2 aromatic heterocycles. The Labute approximate surface area is 141 Å². The number of hydrogen-bond donors (Lipinski definition) is 1. The molecule has 0 fully saturated rings. The van der Waals surface area contributed by atoms with Crippen LogP contribution in [-0.4, -0.2) is 22.1 Å². The zero-order chi connectivity index (χ0) is 16.9. The molecule has 0 unspecified atom stereocenters. The topological polar surface area (TPSA) is 59.9 Å². The Hall–Kier alpha value is -2.95. The van der Waals surface area contributed by atoms with Crippen LogP contribution in [0.1, 0.15) is 28.3 Å². The molecule has 122 valence electrons. The van der Waals surface area contributed by atoms with E-state index in [1.165, 1.54) is 17.5 Å². The van der Waals surface area contributed by atoms with E-state index in [4.69, 9.17) is 4.74 Å². The lowest BCUT2D eigenvalue weighted by Crippen LogP contribution is -2.14. The van der Waals surface area contributed by atoms with E-state index in [2.05, 4.69) is 58.4 Å². The Balaban J connectivity index is 2.00. The number of nitrogens with zero attached hydrogens (tertiary/aromatic N) is 3. The number of benzene rings is 1. The summed E-state index contributed by atoms with van der Waals surface area (Å²) in [5.74, 6) is 1.23. The summed E-state index contributed by atoms with van der Waals surface area (Å²) in [5.41, 5.74) is 4.75. The van der Waals surface area contributed by atoms with E-state index in [-0.39, 0.29) is 6.04 Å². The summed E-state index contributed by atoms with van der Waals surface area (Å²) < 4.78 is 5.18. The van der Waals surface area contributed by atoms with Gasteiger partial charge in [0.2, 0.25) is 5.88 Å². The number of hydrogen-bond acceptors (Lipinski definition) is 5. The first-order valence-electron chi connectivity index (χ1n) is 7.77. The van der Waals surface area contributed by atoms with Crippen LogP contribution in [0, 0.1) is 13.8 Å². The molecule has 0 saturated heterocycles. The van der Waals surface area contributed by atoms with Crippen molar-refractivity contribution in [3.8, 4) is 5.88 Å². The smallest absolute Gasteiger partial charge is 0.218 e. The maximum absolute atomic E-state index is 5.18. The highest BCUT2D eigenvalue weighted by atomic mass is 16.5. The van der Waals surface area contributed by atoms with E-state index in [0.29, 0.717) is 11.7 Å². The number of aryl methyl sites for hydroxylation is 2. The van der Waals surface area contributed by atoms with Crippen molar-refractivity contribution in [1.29, 1.82) is 0 Å². The van der Waals surface area contributed by atoms with Gasteiger partial charge in [-0.2, -0.15) is 0 Å². The van der Waals surface area contributed by atoms with Crippen molar-refractivity contribution in [2.24, 2.45) is 0 Å². The Kier molecular flexibility index (Phi) is 4.70. The Bertz CT molecular complexity index is 821. The second kappa shape index (κ2) is 7.08. The average molecular weight is 320 g/mol. The van der Waals surface area contributed by atoms with Crippen LogP contribution in [0.25, 0.3) is 0 Å². The molecule has 1 atom stereocenters.